The Hall–Kier alpha value is -3.06. The summed E-state index contributed by atoms with van der Waals surface area (Å²) < 4.78 is 60.9. The number of carbonyl (C=O) groups excluding carboxylic acids is 1. The van der Waals surface area contributed by atoms with Gasteiger partial charge in [0, 0.05) is 30.9 Å². The first-order chi connectivity index (χ1) is 16.4. The second-order valence-electron chi connectivity index (χ2n) is 8.44. The Bertz CT molecular complexity index is 1370. The van der Waals surface area contributed by atoms with Gasteiger partial charge in [0.05, 0.1) is 28.2 Å². The van der Waals surface area contributed by atoms with Crippen molar-refractivity contribution in [3.63, 3.8) is 0 Å². The number of carbonyl (C=O) groups is 1. The van der Waals surface area contributed by atoms with Crippen LogP contribution in [0.3, 0.4) is 0 Å². The summed E-state index contributed by atoms with van der Waals surface area (Å²) in [7, 11) is -1.46. The Morgan fingerprint density at radius 1 is 1.26 bits per heavy atom. The van der Waals surface area contributed by atoms with Gasteiger partial charge in [-0.3, -0.25) is 4.79 Å². The van der Waals surface area contributed by atoms with E-state index in [0.717, 1.165) is 0 Å². The third-order valence-electron chi connectivity index (χ3n) is 5.63. The third kappa shape index (κ3) is 5.78. The molecule has 1 aliphatic rings. The number of aromatic nitrogens is 4. The molecule has 0 atom stereocenters. The smallest absolute Gasteiger partial charge is 0.287 e. The normalized spacial score (nSPS) is 16.9. The Morgan fingerprint density at radius 3 is 2.66 bits per heavy atom. The number of hydrogen-bond donors (Lipinski definition) is 1. The first-order valence-corrected chi connectivity index (χ1v) is 12.7. The fraction of sp³-hybridized carbons (Fsp3) is 0.429. The van der Waals surface area contributed by atoms with Crippen LogP contribution in [0.1, 0.15) is 30.4 Å². The molecular formula is C21H22ClF2N5O5S. The molecule has 3 aromatic heterocycles. The molecule has 3 aromatic rings. The third-order valence-corrected chi connectivity index (χ3v) is 7.48. The van der Waals surface area contributed by atoms with E-state index in [1.165, 1.54) is 23.0 Å². The summed E-state index contributed by atoms with van der Waals surface area (Å²) >= 11 is 5.88. The molecule has 1 fully saturated rings. The molecule has 1 saturated heterocycles. The van der Waals surface area contributed by atoms with E-state index in [4.69, 9.17) is 21.1 Å². The largest absolute Gasteiger partial charge is 0.482 e. The zero-order valence-corrected chi connectivity index (χ0v) is 20.4. The average molecular weight is 530 g/mol. The molecule has 4 rings (SSSR count). The molecular weight excluding hydrogens is 508 g/mol. The average Bonchev–Trinajstić information content (AvgIpc) is 3.12. The van der Waals surface area contributed by atoms with Crippen molar-refractivity contribution in [1.82, 2.24) is 24.8 Å². The molecule has 1 amide bonds. The van der Waals surface area contributed by atoms with Gasteiger partial charge in [0.25, 0.3) is 18.2 Å². The van der Waals surface area contributed by atoms with Gasteiger partial charge in [-0.25, -0.2) is 32.2 Å². The van der Waals surface area contributed by atoms with Crippen molar-refractivity contribution in [3.8, 4) is 17.4 Å². The minimum Gasteiger partial charge on any atom is -0.482 e. The molecule has 1 aliphatic heterocycles. The van der Waals surface area contributed by atoms with E-state index in [1.54, 1.807) is 20.0 Å². The zero-order chi connectivity index (χ0) is 25.4. The standard InChI is InChI=1S/C21H22ClF2N5O5S/c1-21(3-5-35(31,32)6-4-21)28-19(30)18-27-17-14(29(18)2)8-13(10-25-17)34-20-15(33-11-16(23)24)7-12(22)9-26-20/h7-10,16H,3-6,11H2,1-2H3,(H,28,30). The van der Waals surface area contributed by atoms with Crippen molar-refractivity contribution in [1.29, 1.82) is 0 Å². The SMILES string of the molecule is Cn1c(C(=O)NC2(C)CCS(=O)(=O)CC2)nc2ncc(Oc3ncc(Cl)cc3OCC(F)F)cc21. The molecule has 0 aliphatic carbocycles. The fourth-order valence-corrected chi connectivity index (χ4v) is 5.48. The van der Waals surface area contributed by atoms with Gasteiger partial charge < -0.3 is 19.4 Å². The van der Waals surface area contributed by atoms with Crippen molar-refractivity contribution in [3.05, 3.63) is 35.4 Å². The van der Waals surface area contributed by atoms with E-state index >= 15 is 0 Å². The lowest BCUT2D eigenvalue weighted by Crippen LogP contribution is -2.51. The molecule has 35 heavy (non-hydrogen) atoms. The summed E-state index contributed by atoms with van der Waals surface area (Å²) in [4.78, 5) is 25.4. The van der Waals surface area contributed by atoms with Crippen LogP contribution in [0.15, 0.2) is 24.5 Å². The Balaban J connectivity index is 1.55. The van der Waals surface area contributed by atoms with Crippen LogP contribution in [0.4, 0.5) is 8.78 Å². The second-order valence-corrected chi connectivity index (χ2v) is 11.2. The number of hydrogen-bond acceptors (Lipinski definition) is 8. The van der Waals surface area contributed by atoms with Crippen LogP contribution >= 0.6 is 11.6 Å². The van der Waals surface area contributed by atoms with E-state index in [9.17, 15) is 22.0 Å². The molecule has 4 heterocycles. The molecule has 0 radical (unpaired) electrons. The van der Waals surface area contributed by atoms with Gasteiger partial charge in [-0.05, 0) is 19.8 Å². The van der Waals surface area contributed by atoms with Gasteiger partial charge in [0.15, 0.2) is 11.4 Å². The number of alkyl halides is 2. The van der Waals surface area contributed by atoms with Crippen LogP contribution in [0.25, 0.3) is 11.2 Å². The number of amides is 1. The van der Waals surface area contributed by atoms with E-state index < -0.39 is 34.3 Å². The van der Waals surface area contributed by atoms with Crippen molar-refractivity contribution in [2.75, 3.05) is 18.1 Å². The van der Waals surface area contributed by atoms with Crippen LogP contribution in [-0.4, -0.2) is 63.9 Å². The highest BCUT2D eigenvalue weighted by atomic mass is 35.5. The highest BCUT2D eigenvalue weighted by Gasteiger charge is 2.35. The molecule has 0 bridgehead atoms. The first-order valence-electron chi connectivity index (χ1n) is 10.5. The number of sulfone groups is 1. The molecule has 0 unspecified atom stereocenters. The van der Waals surface area contributed by atoms with E-state index in [1.807, 2.05) is 0 Å². The van der Waals surface area contributed by atoms with Crippen LogP contribution < -0.4 is 14.8 Å². The Morgan fingerprint density at radius 2 is 1.97 bits per heavy atom. The highest BCUT2D eigenvalue weighted by Crippen LogP contribution is 2.32. The van der Waals surface area contributed by atoms with Crippen LogP contribution in [0.2, 0.25) is 5.02 Å². The number of nitrogens with one attached hydrogen (secondary N) is 1. The summed E-state index contributed by atoms with van der Waals surface area (Å²) in [6.45, 7) is 0.944. The number of rotatable bonds is 7. The van der Waals surface area contributed by atoms with E-state index in [0.29, 0.717) is 18.4 Å². The van der Waals surface area contributed by atoms with Gasteiger partial charge in [-0.2, -0.15) is 0 Å². The van der Waals surface area contributed by atoms with Crippen LogP contribution in [0.5, 0.6) is 17.4 Å². The zero-order valence-electron chi connectivity index (χ0n) is 18.8. The maximum Gasteiger partial charge on any atom is 0.287 e. The fourth-order valence-electron chi connectivity index (χ4n) is 3.60. The van der Waals surface area contributed by atoms with Crippen LogP contribution in [-0.2, 0) is 16.9 Å². The minimum atomic E-state index is -3.08. The number of pyridine rings is 2. The van der Waals surface area contributed by atoms with Gasteiger partial charge in [0.2, 0.25) is 5.82 Å². The first kappa shape index (κ1) is 25.0. The Kier molecular flexibility index (Phi) is 6.82. The van der Waals surface area contributed by atoms with Gasteiger partial charge in [-0.15, -0.1) is 0 Å². The predicted octanol–water partition coefficient (Wildman–Crippen LogP) is 3.15. The second kappa shape index (κ2) is 9.53. The highest BCUT2D eigenvalue weighted by molar-refractivity contribution is 7.91. The predicted molar refractivity (Wildman–Crippen MR) is 123 cm³/mol. The summed E-state index contributed by atoms with van der Waals surface area (Å²) in [6.07, 6.45) is 0.551. The van der Waals surface area contributed by atoms with Crippen molar-refractivity contribution in [2.45, 2.75) is 31.7 Å². The van der Waals surface area contributed by atoms with Crippen molar-refractivity contribution >= 4 is 38.5 Å². The molecule has 0 spiro atoms. The van der Waals surface area contributed by atoms with Gasteiger partial charge in [0.1, 0.15) is 22.2 Å². The lowest BCUT2D eigenvalue weighted by Gasteiger charge is -2.34. The topological polar surface area (TPSA) is 125 Å². The number of aryl methyl sites for hydroxylation is 1. The van der Waals surface area contributed by atoms with E-state index in [-0.39, 0.29) is 45.4 Å². The quantitative estimate of drug-likeness (QED) is 0.495. The van der Waals surface area contributed by atoms with Crippen molar-refractivity contribution < 1.29 is 31.5 Å². The molecule has 10 nitrogen and oxygen atoms in total. The number of halogens is 3. The molecule has 1 N–H and O–H groups in total. The van der Waals surface area contributed by atoms with Crippen molar-refractivity contribution in [2.24, 2.45) is 7.05 Å². The maximum atomic E-state index is 12.9. The Labute approximate surface area is 204 Å². The summed E-state index contributed by atoms with van der Waals surface area (Å²) in [5.74, 6) is -0.301. The minimum absolute atomic E-state index is 0.0102. The molecule has 0 saturated carbocycles. The lowest BCUT2D eigenvalue weighted by molar-refractivity contribution is 0.0804. The molecule has 188 valence electrons. The van der Waals surface area contributed by atoms with E-state index in [2.05, 4.69) is 20.3 Å². The molecule has 14 heteroatoms. The van der Waals surface area contributed by atoms with Gasteiger partial charge in [-0.1, -0.05) is 11.6 Å². The monoisotopic (exact) mass is 529 g/mol. The summed E-state index contributed by atoms with van der Waals surface area (Å²) in [5, 5.41) is 3.08. The number of nitrogens with zero attached hydrogens (tertiary/aromatic N) is 4. The summed E-state index contributed by atoms with van der Waals surface area (Å²) in [5.41, 5.74) is 0.0737. The maximum absolute atomic E-state index is 12.9. The number of fused-ring (bicyclic) bond motifs is 1. The summed E-state index contributed by atoms with van der Waals surface area (Å²) in [6, 6.07) is 2.87. The van der Waals surface area contributed by atoms with Gasteiger partial charge >= 0.3 is 0 Å². The lowest BCUT2D eigenvalue weighted by atomic mass is 9.95. The number of ether oxygens (including phenoxy) is 2. The number of imidazole rings is 1. The molecule has 0 aromatic carbocycles. The van der Waals surface area contributed by atoms with Crippen LogP contribution in [0, 0.1) is 0 Å².